The summed E-state index contributed by atoms with van der Waals surface area (Å²) in [7, 11) is -2.71. The van der Waals surface area contributed by atoms with Crippen molar-refractivity contribution < 1.29 is 22.7 Å². The summed E-state index contributed by atoms with van der Waals surface area (Å²) in [6.07, 6.45) is 5.48. The first-order valence-corrected chi connectivity index (χ1v) is 16.5. The van der Waals surface area contributed by atoms with Crippen molar-refractivity contribution >= 4 is 39.1 Å². The van der Waals surface area contributed by atoms with Gasteiger partial charge in [-0.25, -0.2) is 8.42 Å². The number of aryl methyl sites for hydroxylation is 1. The fraction of sp³-hybridized carbons (Fsp3) is 0.394. The molecule has 0 heterocycles. The molecule has 1 saturated carbocycles. The van der Waals surface area contributed by atoms with E-state index in [1.807, 2.05) is 38.1 Å². The summed E-state index contributed by atoms with van der Waals surface area (Å²) in [5.41, 5.74) is 2.11. The number of hydrogen-bond acceptors (Lipinski definition) is 5. The van der Waals surface area contributed by atoms with Gasteiger partial charge >= 0.3 is 0 Å². The number of amides is 2. The van der Waals surface area contributed by atoms with E-state index in [1.54, 1.807) is 30.3 Å². The van der Waals surface area contributed by atoms with Crippen LogP contribution in [-0.2, 0) is 26.2 Å². The van der Waals surface area contributed by atoms with Crippen LogP contribution in [0.3, 0.4) is 0 Å². The zero-order valence-corrected chi connectivity index (χ0v) is 26.5. The molecule has 0 saturated heterocycles. The van der Waals surface area contributed by atoms with Crippen molar-refractivity contribution in [3.63, 3.8) is 0 Å². The number of carbonyl (C=O) groups is 2. The lowest BCUT2D eigenvalue weighted by molar-refractivity contribution is -0.140. The number of ether oxygens (including phenoxy) is 1. The highest BCUT2D eigenvalue weighted by atomic mass is 35.5. The molecule has 3 aromatic carbocycles. The van der Waals surface area contributed by atoms with Crippen molar-refractivity contribution in [1.29, 1.82) is 0 Å². The molecule has 1 aliphatic carbocycles. The van der Waals surface area contributed by atoms with Crippen LogP contribution in [0.2, 0.25) is 5.02 Å². The van der Waals surface area contributed by atoms with Crippen molar-refractivity contribution in [2.24, 2.45) is 0 Å². The van der Waals surface area contributed by atoms with Crippen LogP contribution in [0.5, 0.6) is 5.75 Å². The number of rotatable bonds is 12. The van der Waals surface area contributed by atoms with Crippen molar-refractivity contribution in [2.45, 2.75) is 75.9 Å². The molecule has 1 fully saturated rings. The molecule has 0 unspecified atom stereocenters. The van der Waals surface area contributed by atoms with Gasteiger partial charge in [-0.15, -0.1) is 0 Å². The maximum absolute atomic E-state index is 14.3. The third-order valence-electron chi connectivity index (χ3n) is 7.80. The SMILES string of the molecule is CC[C@H](C(=O)NC1CCCCC1)N(Cc1cccc(C)c1)C(=O)CN(c1cccc(Cl)c1)S(=O)(=O)c1ccc(OC)cc1. The van der Waals surface area contributed by atoms with E-state index >= 15 is 0 Å². The van der Waals surface area contributed by atoms with Gasteiger partial charge in [-0.2, -0.15) is 0 Å². The molecule has 4 rings (SSSR count). The minimum Gasteiger partial charge on any atom is -0.497 e. The van der Waals surface area contributed by atoms with E-state index in [0.717, 1.165) is 47.5 Å². The Balaban J connectivity index is 1.71. The van der Waals surface area contributed by atoms with Gasteiger partial charge in [0, 0.05) is 17.6 Å². The molecule has 1 aliphatic rings. The van der Waals surface area contributed by atoms with Gasteiger partial charge in [-0.05, 0) is 74.2 Å². The Hall–Kier alpha value is -3.56. The van der Waals surface area contributed by atoms with E-state index < -0.39 is 28.5 Å². The largest absolute Gasteiger partial charge is 0.497 e. The van der Waals surface area contributed by atoms with Crippen LogP contribution in [0.25, 0.3) is 0 Å². The summed E-state index contributed by atoms with van der Waals surface area (Å²) in [5.74, 6) is -0.213. The fourth-order valence-electron chi connectivity index (χ4n) is 5.51. The molecule has 0 bridgehead atoms. The highest BCUT2D eigenvalue weighted by Gasteiger charge is 2.34. The maximum Gasteiger partial charge on any atom is 0.264 e. The average Bonchev–Trinajstić information content (AvgIpc) is 3.00. The first kappa shape index (κ1) is 32.4. The quantitative estimate of drug-likeness (QED) is 0.262. The van der Waals surface area contributed by atoms with Gasteiger partial charge in [-0.3, -0.25) is 13.9 Å². The number of carbonyl (C=O) groups excluding carboxylic acids is 2. The Labute approximate surface area is 260 Å². The minimum atomic E-state index is -4.21. The number of nitrogens with one attached hydrogen (secondary N) is 1. The van der Waals surface area contributed by atoms with Gasteiger partial charge in [0.1, 0.15) is 18.3 Å². The van der Waals surface area contributed by atoms with Crippen LogP contribution in [0, 0.1) is 6.92 Å². The van der Waals surface area contributed by atoms with E-state index in [0.29, 0.717) is 17.2 Å². The Kier molecular flexibility index (Phi) is 11.1. The summed E-state index contributed by atoms with van der Waals surface area (Å²) < 4.78 is 34.3. The number of benzene rings is 3. The average molecular weight is 626 g/mol. The number of hydrogen-bond donors (Lipinski definition) is 1. The van der Waals surface area contributed by atoms with Gasteiger partial charge in [0.2, 0.25) is 11.8 Å². The maximum atomic E-state index is 14.3. The Morgan fingerprint density at radius 1 is 1.00 bits per heavy atom. The zero-order chi connectivity index (χ0) is 31.0. The molecule has 0 radical (unpaired) electrons. The lowest BCUT2D eigenvalue weighted by atomic mass is 9.95. The molecule has 8 nitrogen and oxygen atoms in total. The standard InChI is InChI=1S/C33H40ClN3O5S/c1-4-31(33(39)35-27-13-6-5-7-14-27)36(22-25-11-8-10-24(2)20-25)32(38)23-37(28-15-9-12-26(34)21-28)43(40,41)30-18-16-29(42-3)17-19-30/h8-12,15-21,27,31H,4-7,13-14,22-23H2,1-3H3,(H,35,39)/t31-/m1/s1. The molecule has 0 aromatic heterocycles. The molecule has 0 spiro atoms. The van der Waals surface area contributed by atoms with Crippen molar-refractivity contribution in [3.05, 3.63) is 88.9 Å². The Morgan fingerprint density at radius 3 is 2.33 bits per heavy atom. The van der Waals surface area contributed by atoms with Crippen molar-refractivity contribution in [3.8, 4) is 5.75 Å². The van der Waals surface area contributed by atoms with Crippen LogP contribution in [0.4, 0.5) is 5.69 Å². The summed E-state index contributed by atoms with van der Waals surface area (Å²) in [6, 6.07) is 19.4. The number of halogens is 1. The second-order valence-corrected chi connectivity index (χ2v) is 13.2. The molecule has 1 atom stereocenters. The van der Waals surface area contributed by atoms with Crippen LogP contribution in [-0.4, -0.2) is 50.9 Å². The van der Waals surface area contributed by atoms with Gasteiger partial charge in [-0.1, -0.05) is 73.7 Å². The van der Waals surface area contributed by atoms with E-state index in [1.165, 1.54) is 30.2 Å². The molecule has 2 amide bonds. The van der Waals surface area contributed by atoms with E-state index in [9.17, 15) is 18.0 Å². The highest BCUT2D eigenvalue weighted by molar-refractivity contribution is 7.92. The smallest absolute Gasteiger partial charge is 0.264 e. The number of methoxy groups -OCH3 is 1. The zero-order valence-electron chi connectivity index (χ0n) is 25.0. The number of nitrogens with zero attached hydrogens (tertiary/aromatic N) is 2. The van der Waals surface area contributed by atoms with Crippen LogP contribution in [0.1, 0.15) is 56.6 Å². The van der Waals surface area contributed by atoms with Crippen molar-refractivity contribution in [1.82, 2.24) is 10.2 Å². The summed E-state index contributed by atoms with van der Waals surface area (Å²) in [6.45, 7) is 3.46. The first-order chi connectivity index (χ1) is 20.6. The molecule has 3 aromatic rings. The van der Waals surface area contributed by atoms with Gasteiger partial charge in [0.15, 0.2) is 0 Å². The third-order valence-corrected chi connectivity index (χ3v) is 9.82. The predicted octanol–water partition coefficient (Wildman–Crippen LogP) is 6.11. The summed E-state index contributed by atoms with van der Waals surface area (Å²) >= 11 is 6.27. The van der Waals surface area contributed by atoms with E-state index in [2.05, 4.69) is 5.32 Å². The molecular weight excluding hydrogens is 586 g/mol. The molecule has 230 valence electrons. The van der Waals surface area contributed by atoms with Gasteiger partial charge in [0.05, 0.1) is 17.7 Å². The van der Waals surface area contributed by atoms with Gasteiger partial charge < -0.3 is 15.0 Å². The number of sulfonamides is 1. The van der Waals surface area contributed by atoms with Crippen molar-refractivity contribution in [2.75, 3.05) is 18.0 Å². The molecule has 1 N–H and O–H groups in total. The van der Waals surface area contributed by atoms with Crippen LogP contribution < -0.4 is 14.4 Å². The normalized spacial score (nSPS) is 14.5. The third kappa shape index (κ3) is 8.30. The van der Waals surface area contributed by atoms with E-state index in [4.69, 9.17) is 16.3 Å². The van der Waals surface area contributed by atoms with E-state index in [-0.39, 0.29) is 29.1 Å². The Bertz CT molecular complexity index is 1510. The second-order valence-electron chi connectivity index (χ2n) is 10.9. The van der Waals surface area contributed by atoms with Crippen LogP contribution in [0.15, 0.2) is 77.7 Å². The monoisotopic (exact) mass is 625 g/mol. The lowest BCUT2D eigenvalue weighted by Gasteiger charge is -2.34. The molecule has 0 aliphatic heterocycles. The fourth-order valence-corrected chi connectivity index (χ4v) is 7.10. The molecular formula is C33H40ClN3O5S. The summed E-state index contributed by atoms with van der Waals surface area (Å²) in [5, 5.41) is 3.50. The highest BCUT2D eigenvalue weighted by Crippen LogP contribution is 2.28. The first-order valence-electron chi connectivity index (χ1n) is 14.7. The van der Waals surface area contributed by atoms with Crippen LogP contribution >= 0.6 is 11.6 Å². The topological polar surface area (TPSA) is 96.0 Å². The molecule has 10 heteroatoms. The summed E-state index contributed by atoms with van der Waals surface area (Å²) in [4.78, 5) is 29.4. The number of anilines is 1. The van der Waals surface area contributed by atoms with Gasteiger partial charge in [0.25, 0.3) is 10.0 Å². The predicted molar refractivity (Wildman–Crippen MR) is 170 cm³/mol. The second kappa shape index (κ2) is 14.8. The minimum absolute atomic E-state index is 0.00612. The lowest BCUT2D eigenvalue weighted by Crippen LogP contribution is -2.54. The molecule has 43 heavy (non-hydrogen) atoms. The Morgan fingerprint density at radius 2 is 1.70 bits per heavy atom.